The molecule has 3 aromatic rings. The van der Waals surface area contributed by atoms with Gasteiger partial charge >= 0.3 is 0 Å². The van der Waals surface area contributed by atoms with E-state index in [2.05, 4.69) is 59.8 Å². The smallest absolute Gasteiger partial charge is 0.0534 e. The summed E-state index contributed by atoms with van der Waals surface area (Å²) in [6.07, 6.45) is 3.95. The number of benzene rings is 2. The van der Waals surface area contributed by atoms with Gasteiger partial charge in [0.1, 0.15) is 0 Å². The summed E-state index contributed by atoms with van der Waals surface area (Å²) < 4.78 is 1.83. The molecule has 0 saturated carbocycles. The SMILES string of the molecule is C[C@@H](NCc1cnn(C)c1)c1cccc2ccccc12. The molecule has 0 fully saturated rings. The number of hydrogen-bond acceptors (Lipinski definition) is 2. The van der Waals surface area contributed by atoms with Gasteiger partial charge in [-0.05, 0) is 23.3 Å². The topological polar surface area (TPSA) is 29.9 Å². The average Bonchev–Trinajstić information content (AvgIpc) is 2.90. The summed E-state index contributed by atoms with van der Waals surface area (Å²) in [5.41, 5.74) is 2.55. The second kappa shape index (κ2) is 5.47. The van der Waals surface area contributed by atoms with Crippen LogP contribution in [-0.2, 0) is 13.6 Å². The average molecular weight is 265 g/mol. The number of aryl methyl sites for hydroxylation is 1. The normalized spacial score (nSPS) is 12.7. The van der Waals surface area contributed by atoms with Gasteiger partial charge in [-0.3, -0.25) is 4.68 Å². The van der Waals surface area contributed by atoms with E-state index in [1.807, 2.05) is 24.1 Å². The van der Waals surface area contributed by atoms with E-state index in [9.17, 15) is 0 Å². The van der Waals surface area contributed by atoms with E-state index in [4.69, 9.17) is 0 Å². The van der Waals surface area contributed by atoms with Gasteiger partial charge in [-0.15, -0.1) is 0 Å². The number of rotatable bonds is 4. The van der Waals surface area contributed by atoms with Crippen LogP contribution < -0.4 is 5.32 Å². The molecular weight excluding hydrogens is 246 g/mol. The molecule has 0 saturated heterocycles. The molecule has 3 heteroatoms. The van der Waals surface area contributed by atoms with Crippen LogP contribution in [0.4, 0.5) is 0 Å². The van der Waals surface area contributed by atoms with Crippen LogP contribution in [0.15, 0.2) is 54.9 Å². The third-order valence-electron chi connectivity index (χ3n) is 3.66. The van der Waals surface area contributed by atoms with Crippen LogP contribution in [0.2, 0.25) is 0 Å². The second-order valence-electron chi connectivity index (χ2n) is 5.19. The van der Waals surface area contributed by atoms with E-state index < -0.39 is 0 Å². The summed E-state index contributed by atoms with van der Waals surface area (Å²) in [5, 5.41) is 10.4. The zero-order valence-corrected chi connectivity index (χ0v) is 11.9. The maximum atomic E-state index is 4.19. The standard InChI is InChI=1S/C17H19N3/c1-13(18-10-14-11-19-20(2)12-14)16-9-5-7-15-6-3-4-8-17(15)16/h3-9,11-13,18H,10H2,1-2H3/t13-/m1/s1. The van der Waals surface area contributed by atoms with Crippen molar-refractivity contribution < 1.29 is 0 Å². The minimum Gasteiger partial charge on any atom is -0.306 e. The monoisotopic (exact) mass is 265 g/mol. The van der Waals surface area contributed by atoms with E-state index in [0.717, 1.165) is 6.54 Å². The molecule has 1 N–H and O–H groups in total. The van der Waals surface area contributed by atoms with E-state index in [1.165, 1.54) is 21.9 Å². The van der Waals surface area contributed by atoms with Crippen LogP contribution in [0.3, 0.4) is 0 Å². The molecule has 1 heterocycles. The van der Waals surface area contributed by atoms with Gasteiger partial charge in [0.05, 0.1) is 6.20 Å². The lowest BCUT2D eigenvalue weighted by Gasteiger charge is -2.16. The summed E-state index contributed by atoms with van der Waals surface area (Å²) in [6.45, 7) is 3.04. The summed E-state index contributed by atoms with van der Waals surface area (Å²) in [4.78, 5) is 0. The van der Waals surface area contributed by atoms with E-state index in [-0.39, 0.29) is 0 Å². The molecule has 3 nitrogen and oxygen atoms in total. The molecule has 1 aromatic heterocycles. The lowest BCUT2D eigenvalue weighted by atomic mass is 9.99. The Morgan fingerprint density at radius 3 is 2.75 bits per heavy atom. The molecule has 1 atom stereocenters. The highest BCUT2D eigenvalue weighted by Crippen LogP contribution is 2.24. The van der Waals surface area contributed by atoms with Crippen molar-refractivity contribution in [2.75, 3.05) is 0 Å². The number of nitrogens with one attached hydrogen (secondary N) is 1. The van der Waals surface area contributed by atoms with Gasteiger partial charge in [-0.2, -0.15) is 5.10 Å². The Balaban J connectivity index is 1.80. The lowest BCUT2D eigenvalue weighted by Crippen LogP contribution is -2.18. The first kappa shape index (κ1) is 12.9. The molecule has 0 spiro atoms. The highest BCUT2D eigenvalue weighted by atomic mass is 15.2. The van der Waals surface area contributed by atoms with Crippen molar-refractivity contribution >= 4 is 10.8 Å². The summed E-state index contributed by atoms with van der Waals surface area (Å²) in [7, 11) is 1.94. The third kappa shape index (κ3) is 2.58. The maximum Gasteiger partial charge on any atom is 0.0534 e. The highest BCUT2D eigenvalue weighted by Gasteiger charge is 2.08. The van der Waals surface area contributed by atoms with Crippen molar-refractivity contribution in [3.63, 3.8) is 0 Å². The van der Waals surface area contributed by atoms with Crippen LogP contribution >= 0.6 is 0 Å². The third-order valence-corrected chi connectivity index (χ3v) is 3.66. The zero-order chi connectivity index (χ0) is 13.9. The fourth-order valence-corrected chi connectivity index (χ4v) is 2.57. The largest absolute Gasteiger partial charge is 0.306 e. The molecule has 2 aromatic carbocycles. The molecule has 102 valence electrons. The molecule has 0 aliphatic rings. The molecule has 0 radical (unpaired) electrons. The number of nitrogens with zero attached hydrogens (tertiary/aromatic N) is 2. The molecule has 0 aliphatic heterocycles. The molecule has 3 rings (SSSR count). The summed E-state index contributed by atoms with van der Waals surface area (Å²) in [6, 6.07) is 15.3. The molecule has 0 amide bonds. The maximum absolute atomic E-state index is 4.19. The highest BCUT2D eigenvalue weighted by molar-refractivity contribution is 5.86. The van der Waals surface area contributed by atoms with Crippen molar-refractivity contribution in [3.05, 3.63) is 66.0 Å². The zero-order valence-electron chi connectivity index (χ0n) is 11.9. The number of hydrogen-bond donors (Lipinski definition) is 1. The minimum absolute atomic E-state index is 0.307. The van der Waals surface area contributed by atoms with E-state index in [1.54, 1.807) is 0 Å². The van der Waals surface area contributed by atoms with Crippen molar-refractivity contribution in [1.82, 2.24) is 15.1 Å². The van der Waals surface area contributed by atoms with E-state index in [0.29, 0.717) is 6.04 Å². The van der Waals surface area contributed by atoms with Crippen molar-refractivity contribution in [2.45, 2.75) is 19.5 Å². The van der Waals surface area contributed by atoms with Crippen molar-refractivity contribution in [3.8, 4) is 0 Å². The van der Waals surface area contributed by atoms with Crippen molar-refractivity contribution in [2.24, 2.45) is 7.05 Å². The van der Waals surface area contributed by atoms with Gasteiger partial charge < -0.3 is 5.32 Å². The molecular formula is C17H19N3. The van der Waals surface area contributed by atoms with Gasteiger partial charge in [0, 0.05) is 31.4 Å². The van der Waals surface area contributed by atoms with Gasteiger partial charge in [0.2, 0.25) is 0 Å². The Labute approximate surface area is 119 Å². The van der Waals surface area contributed by atoms with Gasteiger partial charge in [0.15, 0.2) is 0 Å². The van der Waals surface area contributed by atoms with Gasteiger partial charge in [-0.25, -0.2) is 0 Å². The predicted octanol–water partition coefficient (Wildman–Crippen LogP) is 3.42. The molecule has 0 bridgehead atoms. The van der Waals surface area contributed by atoms with Crippen LogP contribution in [-0.4, -0.2) is 9.78 Å². The Morgan fingerprint density at radius 1 is 1.15 bits per heavy atom. The Kier molecular flexibility index (Phi) is 3.52. The quantitative estimate of drug-likeness (QED) is 0.783. The number of aromatic nitrogens is 2. The fraction of sp³-hybridized carbons (Fsp3) is 0.235. The Bertz CT molecular complexity index is 710. The second-order valence-corrected chi connectivity index (χ2v) is 5.19. The minimum atomic E-state index is 0.307. The molecule has 0 aliphatic carbocycles. The first-order valence-corrected chi connectivity index (χ1v) is 6.92. The fourth-order valence-electron chi connectivity index (χ4n) is 2.57. The Hall–Kier alpha value is -2.13. The molecule has 20 heavy (non-hydrogen) atoms. The van der Waals surface area contributed by atoms with Crippen LogP contribution in [0.1, 0.15) is 24.1 Å². The Morgan fingerprint density at radius 2 is 1.95 bits per heavy atom. The first-order valence-electron chi connectivity index (χ1n) is 6.92. The van der Waals surface area contributed by atoms with Gasteiger partial charge in [0.25, 0.3) is 0 Å². The number of fused-ring (bicyclic) bond motifs is 1. The van der Waals surface area contributed by atoms with Gasteiger partial charge in [-0.1, -0.05) is 42.5 Å². The van der Waals surface area contributed by atoms with E-state index >= 15 is 0 Å². The summed E-state index contributed by atoms with van der Waals surface area (Å²) >= 11 is 0. The van der Waals surface area contributed by atoms with Crippen LogP contribution in [0.25, 0.3) is 10.8 Å². The lowest BCUT2D eigenvalue weighted by molar-refractivity contribution is 0.578. The van der Waals surface area contributed by atoms with Crippen LogP contribution in [0.5, 0.6) is 0 Å². The van der Waals surface area contributed by atoms with Crippen molar-refractivity contribution in [1.29, 1.82) is 0 Å². The predicted molar refractivity (Wildman–Crippen MR) is 82.4 cm³/mol. The van der Waals surface area contributed by atoms with Crippen LogP contribution in [0, 0.1) is 0 Å². The first-order chi connectivity index (χ1) is 9.74. The summed E-state index contributed by atoms with van der Waals surface area (Å²) in [5.74, 6) is 0. The molecule has 0 unspecified atom stereocenters.